The summed E-state index contributed by atoms with van der Waals surface area (Å²) in [6, 6.07) is 11.6. The number of hydrogen-bond acceptors (Lipinski definition) is 7. The van der Waals surface area contributed by atoms with Crippen molar-refractivity contribution in [2.24, 2.45) is 0 Å². The van der Waals surface area contributed by atoms with Crippen LogP contribution < -0.4 is 9.47 Å². The van der Waals surface area contributed by atoms with E-state index in [0.717, 1.165) is 30.3 Å². The molecule has 1 atom stereocenters. The lowest BCUT2D eigenvalue weighted by Crippen LogP contribution is -2.53. The number of nitrogens with zero attached hydrogens (tertiary/aromatic N) is 3. The van der Waals surface area contributed by atoms with Gasteiger partial charge >= 0.3 is 0 Å². The number of carbonyl (C=O) groups is 1. The van der Waals surface area contributed by atoms with Crippen LogP contribution >= 0.6 is 22.7 Å². The van der Waals surface area contributed by atoms with Crippen LogP contribution in [0.1, 0.15) is 5.69 Å². The third-order valence-electron chi connectivity index (χ3n) is 5.14. The largest absolute Gasteiger partial charge is 0.485 e. The van der Waals surface area contributed by atoms with Gasteiger partial charge in [0.25, 0.3) is 5.91 Å². The maximum absolute atomic E-state index is 12.9. The number of carbonyl (C=O) groups excluding carboxylic acids is 1. The van der Waals surface area contributed by atoms with E-state index < -0.39 is 6.10 Å². The van der Waals surface area contributed by atoms with Gasteiger partial charge in [-0.2, -0.15) is 0 Å². The topological polar surface area (TPSA) is 54.9 Å². The number of ether oxygens (including phenoxy) is 2. The summed E-state index contributed by atoms with van der Waals surface area (Å²) in [4.78, 5) is 23.1. The Morgan fingerprint density at radius 2 is 1.90 bits per heavy atom. The van der Waals surface area contributed by atoms with E-state index in [9.17, 15) is 4.79 Å². The van der Waals surface area contributed by atoms with Crippen molar-refractivity contribution in [2.45, 2.75) is 12.6 Å². The predicted octanol–water partition coefficient (Wildman–Crippen LogP) is 3.36. The highest BCUT2D eigenvalue weighted by molar-refractivity contribution is 7.20. The second-order valence-electron chi connectivity index (χ2n) is 7.09. The van der Waals surface area contributed by atoms with Gasteiger partial charge in [0.15, 0.2) is 11.5 Å². The van der Waals surface area contributed by atoms with Crippen LogP contribution in [0.2, 0.25) is 0 Å². The second kappa shape index (κ2) is 8.14. The van der Waals surface area contributed by atoms with E-state index in [1.54, 1.807) is 22.7 Å². The molecule has 0 bridgehead atoms. The Morgan fingerprint density at radius 1 is 1.07 bits per heavy atom. The number of rotatable bonds is 4. The molecule has 2 aliphatic heterocycles. The first-order valence-electron chi connectivity index (χ1n) is 9.64. The summed E-state index contributed by atoms with van der Waals surface area (Å²) in [7, 11) is 0. The summed E-state index contributed by atoms with van der Waals surface area (Å²) in [6.45, 7) is 4.15. The smallest absolute Gasteiger partial charge is 0.267 e. The maximum Gasteiger partial charge on any atom is 0.267 e. The molecular formula is C21H21N3O3S2. The Balaban J connectivity index is 1.14. The summed E-state index contributed by atoms with van der Waals surface area (Å²) in [6.07, 6.45) is -0.566. The van der Waals surface area contributed by atoms with Crippen molar-refractivity contribution in [1.82, 2.24) is 14.8 Å². The fraction of sp³-hybridized carbons (Fsp3) is 0.333. The van der Waals surface area contributed by atoms with Crippen LogP contribution in [0.4, 0.5) is 0 Å². The molecule has 0 spiro atoms. The van der Waals surface area contributed by atoms with Crippen molar-refractivity contribution in [3.05, 3.63) is 52.9 Å². The SMILES string of the molecule is O=C([C@H]1COc2ccccc2O1)N1CCN(Cc2csc(-c3cccs3)n2)CC1. The Bertz CT molecular complexity index is 981. The molecule has 1 aromatic carbocycles. The fourth-order valence-electron chi connectivity index (χ4n) is 3.59. The molecule has 2 aromatic heterocycles. The van der Waals surface area contributed by atoms with E-state index >= 15 is 0 Å². The molecule has 4 heterocycles. The van der Waals surface area contributed by atoms with E-state index in [4.69, 9.17) is 14.5 Å². The van der Waals surface area contributed by atoms with Crippen molar-refractivity contribution in [3.63, 3.8) is 0 Å². The minimum Gasteiger partial charge on any atom is -0.485 e. The zero-order valence-corrected chi connectivity index (χ0v) is 17.5. The van der Waals surface area contributed by atoms with Crippen molar-refractivity contribution >= 4 is 28.6 Å². The molecule has 1 fully saturated rings. The van der Waals surface area contributed by atoms with E-state index in [1.165, 1.54) is 4.88 Å². The lowest BCUT2D eigenvalue weighted by molar-refractivity contribution is -0.143. The van der Waals surface area contributed by atoms with Gasteiger partial charge in [0, 0.05) is 38.1 Å². The number of piperazine rings is 1. The molecule has 0 aliphatic carbocycles. The quantitative estimate of drug-likeness (QED) is 0.639. The Labute approximate surface area is 177 Å². The molecule has 3 aromatic rings. The van der Waals surface area contributed by atoms with E-state index in [1.807, 2.05) is 29.2 Å². The highest BCUT2D eigenvalue weighted by atomic mass is 32.1. The normalized spacial score (nSPS) is 19.3. The fourth-order valence-corrected chi connectivity index (χ4v) is 5.22. The molecule has 0 radical (unpaired) electrons. The number of para-hydroxylation sites is 2. The summed E-state index contributed by atoms with van der Waals surface area (Å²) in [5.74, 6) is 1.35. The summed E-state index contributed by atoms with van der Waals surface area (Å²) in [5.41, 5.74) is 1.10. The molecule has 2 aliphatic rings. The molecule has 150 valence electrons. The van der Waals surface area contributed by atoms with Crippen LogP contribution in [0, 0.1) is 0 Å². The van der Waals surface area contributed by atoms with Crippen LogP contribution in [0.5, 0.6) is 11.5 Å². The number of benzene rings is 1. The first-order valence-corrected chi connectivity index (χ1v) is 11.4. The number of hydrogen-bond donors (Lipinski definition) is 0. The van der Waals surface area contributed by atoms with Crippen molar-refractivity contribution < 1.29 is 14.3 Å². The third-order valence-corrected chi connectivity index (χ3v) is 7.07. The lowest BCUT2D eigenvalue weighted by atomic mass is 10.2. The molecular weight excluding hydrogens is 406 g/mol. The summed E-state index contributed by atoms with van der Waals surface area (Å²) >= 11 is 3.41. The van der Waals surface area contributed by atoms with Crippen molar-refractivity contribution in [3.8, 4) is 21.4 Å². The highest BCUT2D eigenvalue weighted by Gasteiger charge is 2.32. The first kappa shape index (κ1) is 18.6. The first-order chi connectivity index (χ1) is 14.3. The number of amides is 1. The van der Waals surface area contributed by atoms with Crippen LogP contribution in [0.3, 0.4) is 0 Å². The van der Waals surface area contributed by atoms with Gasteiger partial charge in [-0.1, -0.05) is 18.2 Å². The molecule has 0 saturated carbocycles. The molecule has 0 N–H and O–H groups in total. The minimum atomic E-state index is -0.566. The predicted molar refractivity (Wildman–Crippen MR) is 114 cm³/mol. The summed E-state index contributed by atoms with van der Waals surface area (Å²) in [5, 5.41) is 5.29. The molecule has 8 heteroatoms. The van der Waals surface area contributed by atoms with Crippen molar-refractivity contribution in [2.75, 3.05) is 32.8 Å². The van der Waals surface area contributed by atoms with Crippen LogP contribution in [-0.2, 0) is 11.3 Å². The van der Waals surface area contributed by atoms with Gasteiger partial charge in [-0.25, -0.2) is 4.98 Å². The third kappa shape index (κ3) is 4.01. The standard InChI is InChI=1S/C21H21N3O3S2/c25-21(18-13-26-16-4-1-2-5-17(16)27-18)24-9-7-23(8-10-24)12-15-14-29-20(22-15)19-6-3-11-28-19/h1-6,11,14,18H,7-10,12-13H2/t18-/m1/s1. The van der Waals surface area contributed by atoms with Gasteiger partial charge in [-0.15, -0.1) is 22.7 Å². The van der Waals surface area contributed by atoms with Gasteiger partial charge in [0.2, 0.25) is 6.10 Å². The van der Waals surface area contributed by atoms with Gasteiger partial charge in [0.05, 0.1) is 10.6 Å². The molecule has 29 heavy (non-hydrogen) atoms. The van der Waals surface area contributed by atoms with Crippen LogP contribution in [0.15, 0.2) is 47.2 Å². The van der Waals surface area contributed by atoms with E-state index in [-0.39, 0.29) is 12.5 Å². The van der Waals surface area contributed by atoms with Gasteiger partial charge < -0.3 is 14.4 Å². The van der Waals surface area contributed by atoms with Gasteiger partial charge in [0.1, 0.15) is 11.6 Å². The molecule has 1 saturated heterocycles. The zero-order chi connectivity index (χ0) is 19.6. The van der Waals surface area contributed by atoms with Gasteiger partial charge in [-0.05, 0) is 23.6 Å². The van der Waals surface area contributed by atoms with E-state index in [2.05, 4.69) is 27.8 Å². The molecule has 6 nitrogen and oxygen atoms in total. The molecule has 0 unspecified atom stereocenters. The average molecular weight is 428 g/mol. The second-order valence-corrected chi connectivity index (χ2v) is 8.89. The lowest BCUT2D eigenvalue weighted by Gasteiger charge is -2.36. The minimum absolute atomic E-state index is 0.00722. The molecule has 1 amide bonds. The van der Waals surface area contributed by atoms with Crippen LogP contribution in [-0.4, -0.2) is 59.6 Å². The zero-order valence-electron chi connectivity index (χ0n) is 15.8. The highest BCUT2D eigenvalue weighted by Crippen LogP contribution is 2.31. The molecule has 5 rings (SSSR count). The average Bonchev–Trinajstić information content (AvgIpc) is 3.45. The number of aromatic nitrogens is 1. The maximum atomic E-state index is 12.9. The number of thiophene rings is 1. The van der Waals surface area contributed by atoms with Crippen LogP contribution in [0.25, 0.3) is 9.88 Å². The Morgan fingerprint density at radius 3 is 2.69 bits per heavy atom. The summed E-state index contributed by atoms with van der Waals surface area (Å²) < 4.78 is 11.6. The number of thiazole rings is 1. The van der Waals surface area contributed by atoms with E-state index in [0.29, 0.717) is 24.6 Å². The van der Waals surface area contributed by atoms with Crippen molar-refractivity contribution in [1.29, 1.82) is 0 Å². The Kier molecular flexibility index (Phi) is 5.22. The number of fused-ring (bicyclic) bond motifs is 1. The Hall–Kier alpha value is -2.42. The monoisotopic (exact) mass is 427 g/mol. The van der Waals surface area contributed by atoms with Gasteiger partial charge in [-0.3, -0.25) is 9.69 Å².